The van der Waals surface area contributed by atoms with E-state index in [9.17, 15) is 18.0 Å². The number of hydrogen-bond donors (Lipinski definition) is 3. The summed E-state index contributed by atoms with van der Waals surface area (Å²) in [5.74, 6) is -3.48. The lowest BCUT2D eigenvalue weighted by Crippen LogP contribution is -2.33. The SMILES string of the molecule is NC(=O)c1ccc(NCC2=CCC(c3cc(F)c(F)cc3F)C(N)C2)nc1. The molecule has 5 N–H and O–H groups in total. The van der Waals surface area contributed by atoms with Crippen LogP contribution in [-0.4, -0.2) is 23.5 Å². The van der Waals surface area contributed by atoms with Crippen molar-refractivity contribution in [2.24, 2.45) is 11.5 Å². The minimum absolute atomic E-state index is 0.0911. The van der Waals surface area contributed by atoms with E-state index in [0.717, 1.165) is 11.6 Å². The first-order chi connectivity index (χ1) is 12.8. The van der Waals surface area contributed by atoms with Gasteiger partial charge in [-0.2, -0.15) is 0 Å². The van der Waals surface area contributed by atoms with Crippen LogP contribution in [0.3, 0.4) is 0 Å². The number of anilines is 1. The Bertz CT molecular complexity index is 883. The number of allylic oxidation sites excluding steroid dienone is 1. The lowest BCUT2D eigenvalue weighted by atomic mass is 9.80. The summed E-state index contributed by atoms with van der Waals surface area (Å²) in [5.41, 5.74) is 12.7. The second kappa shape index (κ2) is 7.79. The number of carbonyl (C=O) groups is 1. The van der Waals surface area contributed by atoms with Crippen LogP contribution in [0.1, 0.15) is 34.7 Å². The molecule has 0 fully saturated rings. The number of carbonyl (C=O) groups excluding carboxylic acids is 1. The second-order valence-electron chi connectivity index (χ2n) is 6.51. The van der Waals surface area contributed by atoms with Crippen LogP contribution in [0, 0.1) is 17.5 Å². The molecule has 0 bridgehead atoms. The summed E-state index contributed by atoms with van der Waals surface area (Å²) < 4.78 is 40.6. The molecule has 5 nitrogen and oxygen atoms in total. The number of nitrogens with zero attached hydrogens (tertiary/aromatic N) is 1. The van der Waals surface area contributed by atoms with Crippen LogP contribution in [-0.2, 0) is 0 Å². The van der Waals surface area contributed by atoms with E-state index in [0.29, 0.717) is 36.8 Å². The topological polar surface area (TPSA) is 94.0 Å². The van der Waals surface area contributed by atoms with E-state index in [4.69, 9.17) is 11.5 Å². The Balaban J connectivity index is 1.65. The summed E-state index contributed by atoms with van der Waals surface area (Å²) in [6.45, 7) is 0.476. The fraction of sp³-hybridized carbons (Fsp3) is 0.263. The van der Waals surface area contributed by atoms with Crippen LogP contribution in [0.25, 0.3) is 0 Å². The smallest absolute Gasteiger partial charge is 0.250 e. The van der Waals surface area contributed by atoms with Crippen LogP contribution in [0.4, 0.5) is 19.0 Å². The van der Waals surface area contributed by atoms with Gasteiger partial charge in [0, 0.05) is 30.8 Å². The molecule has 1 aliphatic rings. The van der Waals surface area contributed by atoms with Crippen molar-refractivity contribution in [3.63, 3.8) is 0 Å². The number of rotatable bonds is 5. The predicted molar refractivity (Wildman–Crippen MR) is 95.6 cm³/mol. The first-order valence-corrected chi connectivity index (χ1v) is 8.43. The third-order valence-electron chi connectivity index (χ3n) is 4.66. The summed E-state index contributed by atoms with van der Waals surface area (Å²) in [6, 6.07) is 4.23. The quantitative estimate of drug-likeness (QED) is 0.552. The van der Waals surface area contributed by atoms with Crippen molar-refractivity contribution in [1.82, 2.24) is 4.98 Å². The summed E-state index contributed by atoms with van der Waals surface area (Å²) in [4.78, 5) is 15.1. The lowest BCUT2D eigenvalue weighted by Gasteiger charge is -2.29. The molecule has 8 heteroatoms. The highest BCUT2D eigenvalue weighted by atomic mass is 19.2. The zero-order chi connectivity index (χ0) is 19.6. The maximum Gasteiger partial charge on any atom is 0.250 e. The second-order valence-corrected chi connectivity index (χ2v) is 6.51. The Morgan fingerprint density at radius 1 is 1.19 bits per heavy atom. The van der Waals surface area contributed by atoms with Crippen molar-refractivity contribution in [1.29, 1.82) is 0 Å². The molecule has 1 amide bonds. The largest absolute Gasteiger partial charge is 0.366 e. The molecule has 1 aromatic heterocycles. The number of pyridine rings is 1. The van der Waals surface area contributed by atoms with Gasteiger partial charge >= 0.3 is 0 Å². The number of hydrogen-bond acceptors (Lipinski definition) is 4. The summed E-state index contributed by atoms with van der Waals surface area (Å²) in [5, 5.41) is 3.11. The molecule has 2 atom stereocenters. The molecule has 2 aromatic rings. The van der Waals surface area contributed by atoms with Crippen molar-refractivity contribution in [3.8, 4) is 0 Å². The molecule has 0 saturated heterocycles. The average molecular weight is 376 g/mol. The summed E-state index contributed by atoms with van der Waals surface area (Å²) >= 11 is 0. The minimum atomic E-state index is -1.21. The molecule has 0 spiro atoms. The fourth-order valence-electron chi connectivity index (χ4n) is 3.17. The molecule has 1 aromatic carbocycles. The van der Waals surface area contributed by atoms with Gasteiger partial charge in [-0.15, -0.1) is 0 Å². The fourth-order valence-corrected chi connectivity index (χ4v) is 3.17. The van der Waals surface area contributed by atoms with Crippen LogP contribution < -0.4 is 16.8 Å². The zero-order valence-electron chi connectivity index (χ0n) is 14.4. The molecule has 1 aliphatic carbocycles. The van der Waals surface area contributed by atoms with Gasteiger partial charge in [0.05, 0.1) is 5.56 Å². The lowest BCUT2D eigenvalue weighted by molar-refractivity contribution is 0.1000. The Hall–Kier alpha value is -2.87. The Labute approximate surface area is 154 Å². The zero-order valence-corrected chi connectivity index (χ0v) is 14.4. The van der Waals surface area contributed by atoms with Gasteiger partial charge in [-0.05, 0) is 36.6 Å². The normalized spacial score (nSPS) is 19.5. The van der Waals surface area contributed by atoms with Crippen LogP contribution in [0.15, 0.2) is 42.1 Å². The molecular weight excluding hydrogens is 357 g/mol. The molecule has 27 heavy (non-hydrogen) atoms. The number of primary amides is 1. The highest BCUT2D eigenvalue weighted by molar-refractivity contribution is 5.92. The predicted octanol–water partition coefficient (Wildman–Crippen LogP) is 2.84. The molecule has 0 radical (unpaired) electrons. The Morgan fingerprint density at radius 3 is 2.56 bits per heavy atom. The minimum Gasteiger partial charge on any atom is -0.366 e. The van der Waals surface area contributed by atoms with Gasteiger partial charge in [-0.3, -0.25) is 4.79 Å². The molecule has 0 saturated carbocycles. The molecule has 142 valence electrons. The van der Waals surface area contributed by atoms with E-state index in [1.807, 2.05) is 6.08 Å². The Morgan fingerprint density at radius 2 is 1.93 bits per heavy atom. The number of nitrogens with one attached hydrogen (secondary N) is 1. The molecule has 0 aliphatic heterocycles. The molecule has 3 rings (SSSR count). The van der Waals surface area contributed by atoms with Crippen LogP contribution in [0.5, 0.6) is 0 Å². The van der Waals surface area contributed by atoms with E-state index < -0.39 is 35.3 Å². The van der Waals surface area contributed by atoms with Gasteiger partial charge in [0.1, 0.15) is 11.6 Å². The standard InChI is InChI=1S/C19H19F3N4O/c20-14-7-16(22)15(21)6-13(14)12-3-1-10(5-17(12)23)8-25-18-4-2-11(9-26-18)19(24)27/h1-2,4,6-7,9,12,17H,3,5,8,23H2,(H2,24,27)(H,25,26). The van der Waals surface area contributed by atoms with E-state index in [-0.39, 0.29) is 5.56 Å². The van der Waals surface area contributed by atoms with Crippen molar-refractivity contribution >= 4 is 11.7 Å². The number of aromatic nitrogens is 1. The van der Waals surface area contributed by atoms with E-state index in [2.05, 4.69) is 10.3 Å². The highest BCUT2D eigenvalue weighted by Crippen LogP contribution is 2.33. The van der Waals surface area contributed by atoms with Crippen molar-refractivity contribution < 1.29 is 18.0 Å². The summed E-state index contributed by atoms with van der Waals surface area (Å²) in [6.07, 6.45) is 4.21. The molecule has 2 unspecified atom stereocenters. The molecule has 1 heterocycles. The molecular formula is C19H19F3N4O. The van der Waals surface area contributed by atoms with Crippen LogP contribution in [0.2, 0.25) is 0 Å². The van der Waals surface area contributed by atoms with Crippen molar-refractivity contribution in [2.45, 2.75) is 24.8 Å². The van der Waals surface area contributed by atoms with Crippen molar-refractivity contribution in [3.05, 3.63) is 70.7 Å². The van der Waals surface area contributed by atoms with Gasteiger partial charge in [0.2, 0.25) is 5.91 Å². The third-order valence-corrected chi connectivity index (χ3v) is 4.66. The first-order valence-electron chi connectivity index (χ1n) is 8.43. The van der Waals surface area contributed by atoms with Gasteiger partial charge in [-0.1, -0.05) is 11.6 Å². The number of nitrogens with two attached hydrogens (primary N) is 2. The number of amides is 1. The van der Waals surface area contributed by atoms with E-state index >= 15 is 0 Å². The summed E-state index contributed by atoms with van der Waals surface area (Å²) in [7, 11) is 0. The third kappa shape index (κ3) is 4.28. The van der Waals surface area contributed by atoms with Crippen LogP contribution >= 0.6 is 0 Å². The maximum atomic E-state index is 14.0. The van der Waals surface area contributed by atoms with Crippen molar-refractivity contribution in [2.75, 3.05) is 11.9 Å². The van der Waals surface area contributed by atoms with E-state index in [1.165, 1.54) is 6.20 Å². The van der Waals surface area contributed by atoms with Gasteiger partial charge in [0.25, 0.3) is 0 Å². The van der Waals surface area contributed by atoms with Gasteiger partial charge in [0.15, 0.2) is 11.6 Å². The number of benzene rings is 1. The van der Waals surface area contributed by atoms with Gasteiger partial charge in [-0.25, -0.2) is 18.2 Å². The van der Waals surface area contributed by atoms with Gasteiger partial charge < -0.3 is 16.8 Å². The van der Waals surface area contributed by atoms with E-state index in [1.54, 1.807) is 12.1 Å². The first kappa shape index (κ1) is 18.9. The maximum absolute atomic E-state index is 14.0. The average Bonchev–Trinajstić information content (AvgIpc) is 2.64. The highest BCUT2D eigenvalue weighted by Gasteiger charge is 2.27. The Kier molecular flexibility index (Phi) is 5.46. The monoisotopic (exact) mass is 376 g/mol. The number of halogens is 3.